The van der Waals surface area contributed by atoms with Crippen molar-refractivity contribution in [1.82, 2.24) is 0 Å². The monoisotopic (exact) mass is 436 g/mol. The number of nitrogens with one attached hydrogen (secondary N) is 2. The standard InChI is InChI=1S/C23H20N2O5S/c1-28-18-7-2-15(3-8-18)23(27)25-16-4-9-19(10-5-16)31-13-22(26)24-17-6-11-20-21(12-17)30-14-29-20/h2-12H,13-14H2,1H3,(H,24,26)(H,25,27). The van der Waals surface area contributed by atoms with Crippen LogP contribution in [0.4, 0.5) is 11.4 Å². The Kier molecular flexibility index (Phi) is 6.28. The SMILES string of the molecule is COc1ccc(C(=O)Nc2ccc(SCC(=O)Nc3ccc4c(c3)OCO4)cc2)cc1. The predicted octanol–water partition coefficient (Wildman–Crippen LogP) is 4.41. The number of hydrogen-bond donors (Lipinski definition) is 2. The number of anilines is 2. The van der Waals surface area contributed by atoms with E-state index in [0.29, 0.717) is 34.2 Å². The van der Waals surface area contributed by atoms with Gasteiger partial charge >= 0.3 is 0 Å². The van der Waals surface area contributed by atoms with Crippen LogP contribution in [-0.2, 0) is 4.79 Å². The smallest absolute Gasteiger partial charge is 0.255 e. The molecule has 0 saturated carbocycles. The Balaban J connectivity index is 1.27. The fourth-order valence-electron chi connectivity index (χ4n) is 2.90. The van der Waals surface area contributed by atoms with E-state index in [1.807, 2.05) is 12.1 Å². The number of rotatable bonds is 7. The molecular weight excluding hydrogens is 416 g/mol. The molecule has 8 heteroatoms. The highest BCUT2D eigenvalue weighted by Gasteiger charge is 2.14. The van der Waals surface area contributed by atoms with Crippen molar-refractivity contribution in [3.63, 3.8) is 0 Å². The van der Waals surface area contributed by atoms with Crippen LogP contribution in [-0.4, -0.2) is 31.5 Å². The minimum atomic E-state index is -0.203. The fraction of sp³-hybridized carbons (Fsp3) is 0.130. The van der Waals surface area contributed by atoms with E-state index in [1.54, 1.807) is 61.7 Å². The fourth-order valence-corrected chi connectivity index (χ4v) is 3.60. The van der Waals surface area contributed by atoms with Gasteiger partial charge < -0.3 is 24.8 Å². The van der Waals surface area contributed by atoms with Crippen LogP contribution >= 0.6 is 11.8 Å². The highest BCUT2D eigenvalue weighted by molar-refractivity contribution is 8.00. The molecule has 1 aliphatic rings. The van der Waals surface area contributed by atoms with E-state index in [1.165, 1.54) is 11.8 Å². The van der Waals surface area contributed by atoms with Crippen LogP contribution < -0.4 is 24.8 Å². The molecule has 2 amide bonds. The van der Waals surface area contributed by atoms with Gasteiger partial charge in [0.2, 0.25) is 12.7 Å². The first-order valence-corrected chi connectivity index (χ1v) is 10.5. The number of hydrogen-bond acceptors (Lipinski definition) is 6. The lowest BCUT2D eigenvalue weighted by molar-refractivity contribution is -0.113. The highest BCUT2D eigenvalue weighted by atomic mass is 32.2. The van der Waals surface area contributed by atoms with Crippen molar-refractivity contribution in [3.8, 4) is 17.2 Å². The van der Waals surface area contributed by atoms with Gasteiger partial charge in [0.05, 0.1) is 12.9 Å². The molecule has 0 aliphatic carbocycles. The second-order valence-electron chi connectivity index (χ2n) is 6.61. The van der Waals surface area contributed by atoms with E-state index in [9.17, 15) is 9.59 Å². The van der Waals surface area contributed by atoms with Gasteiger partial charge in [-0.1, -0.05) is 0 Å². The normalized spacial score (nSPS) is 11.6. The van der Waals surface area contributed by atoms with Crippen LogP contribution in [0.5, 0.6) is 17.2 Å². The number of amides is 2. The topological polar surface area (TPSA) is 85.9 Å². The van der Waals surface area contributed by atoms with Gasteiger partial charge in [-0.15, -0.1) is 11.8 Å². The summed E-state index contributed by atoms with van der Waals surface area (Å²) in [6.45, 7) is 0.194. The summed E-state index contributed by atoms with van der Waals surface area (Å²) < 4.78 is 15.7. The third-order valence-electron chi connectivity index (χ3n) is 4.49. The van der Waals surface area contributed by atoms with Crippen LogP contribution in [0.15, 0.2) is 71.6 Å². The van der Waals surface area contributed by atoms with Crippen LogP contribution in [0.2, 0.25) is 0 Å². The lowest BCUT2D eigenvalue weighted by atomic mass is 10.2. The second-order valence-corrected chi connectivity index (χ2v) is 7.66. The largest absolute Gasteiger partial charge is 0.497 e. The number of carbonyl (C=O) groups is 2. The Morgan fingerprint density at radius 2 is 1.61 bits per heavy atom. The molecule has 7 nitrogen and oxygen atoms in total. The van der Waals surface area contributed by atoms with Crippen LogP contribution in [0.1, 0.15) is 10.4 Å². The molecule has 0 fully saturated rings. The average Bonchev–Trinajstić information content (AvgIpc) is 3.26. The lowest BCUT2D eigenvalue weighted by Crippen LogP contribution is -2.14. The van der Waals surface area contributed by atoms with E-state index in [0.717, 1.165) is 4.90 Å². The molecule has 0 aromatic heterocycles. The zero-order valence-electron chi connectivity index (χ0n) is 16.7. The first-order valence-electron chi connectivity index (χ1n) is 9.48. The van der Waals surface area contributed by atoms with Gasteiger partial charge in [0.15, 0.2) is 11.5 Å². The summed E-state index contributed by atoms with van der Waals surface area (Å²) >= 11 is 1.41. The van der Waals surface area contributed by atoms with E-state index < -0.39 is 0 Å². The molecule has 0 saturated heterocycles. The first-order chi connectivity index (χ1) is 15.1. The number of ether oxygens (including phenoxy) is 3. The van der Waals surface area contributed by atoms with Gasteiger partial charge in [-0.25, -0.2) is 0 Å². The Morgan fingerprint density at radius 1 is 0.903 bits per heavy atom. The third kappa shape index (κ3) is 5.29. The van der Waals surface area contributed by atoms with Gasteiger partial charge in [-0.2, -0.15) is 0 Å². The minimum absolute atomic E-state index is 0.124. The third-order valence-corrected chi connectivity index (χ3v) is 5.50. The van der Waals surface area contributed by atoms with Gasteiger partial charge in [0, 0.05) is 27.9 Å². The summed E-state index contributed by atoms with van der Waals surface area (Å²) in [5.41, 5.74) is 1.88. The van der Waals surface area contributed by atoms with Crippen molar-refractivity contribution in [1.29, 1.82) is 0 Å². The number of methoxy groups -OCH3 is 1. The average molecular weight is 436 g/mol. The van der Waals surface area contributed by atoms with Crippen molar-refractivity contribution in [2.75, 3.05) is 30.3 Å². The molecule has 158 valence electrons. The highest BCUT2D eigenvalue weighted by Crippen LogP contribution is 2.34. The molecule has 0 unspecified atom stereocenters. The molecule has 1 heterocycles. The molecule has 0 atom stereocenters. The summed E-state index contributed by atoms with van der Waals surface area (Å²) in [6, 6.07) is 19.5. The molecule has 2 N–H and O–H groups in total. The van der Waals surface area contributed by atoms with E-state index >= 15 is 0 Å². The molecule has 31 heavy (non-hydrogen) atoms. The Bertz CT molecular complexity index is 1080. The maximum atomic E-state index is 12.3. The van der Waals surface area contributed by atoms with Crippen molar-refractivity contribution in [2.24, 2.45) is 0 Å². The van der Waals surface area contributed by atoms with Crippen LogP contribution in [0.25, 0.3) is 0 Å². The van der Waals surface area contributed by atoms with E-state index in [-0.39, 0.29) is 24.4 Å². The molecule has 3 aromatic rings. The van der Waals surface area contributed by atoms with Crippen molar-refractivity contribution in [2.45, 2.75) is 4.90 Å². The van der Waals surface area contributed by atoms with E-state index in [2.05, 4.69) is 10.6 Å². The summed E-state index contributed by atoms with van der Waals surface area (Å²) in [4.78, 5) is 25.5. The molecule has 0 radical (unpaired) electrons. The van der Waals surface area contributed by atoms with E-state index in [4.69, 9.17) is 14.2 Å². The quantitative estimate of drug-likeness (QED) is 0.534. The molecular formula is C23H20N2O5S. The predicted molar refractivity (Wildman–Crippen MR) is 119 cm³/mol. The van der Waals surface area contributed by atoms with Gasteiger partial charge in [0.1, 0.15) is 5.75 Å². The lowest BCUT2D eigenvalue weighted by Gasteiger charge is -2.08. The maximum Gasteiger partial charge on any atom is 0.255 e. The molecule has 3 aromatic carbocycles. The Hall–Kier alpha value is -3.65. The summed E-state index contributed by atoms with van der Waals surface area (Å²) in [5, 5.41) is 5.69. The molecule has 1 aliphatic heterocycles. The number of carbonyl (C=O) groups excluding carboxylic acids is 2. The molecule has 0 bridgehead atoms. The van der Waals surface area contributed by atoms with Crippen molar-refractivity contribution >= 4 is 35.0 Å². The Labute approximate surface area is 183 Å². The number of fused-ring (bicyclic) bond motifs is 1. The second kappa shape index (κ2) is 9.44. The maximum absolute atomic E-state index is 12.3. The summed E-state index contributed by atoms with van der Waals surface area (Å²) in [6.07, 6.45) is 0. The summed E-state index contributed by atoms with van der Waals surface area (Å²) in [5.74, 6) is 1.92. The number of benzene rings is 3. The van der Waals surface area contributed by atoms with Crippen LogP contribution in [0.3, 0.4) is 0 Å². The van der Waals surface area contributed by atoms with Gasteiger partial charge in [0.25, 0.3) is 5.91 Å². The van der Waals surface area contributed by atoms with Crippen LogP contribution in [0, 0.1) is 0 Å². The Morgan fingerprint density at radius 3 is 2.35 bits per heavy atom. The van der Waals surface area contributed by atoms with Gasteiger partial charge in [-0.3, -0.25) is 9.59 Å². The first kappa shape index (κ1) is 20.6. The summed E-state index contributed by atoms with van der Waals surface area (Å²) in [7, 11) is 1.58. The number of thioether (sulfide) groups is 1. The van der Waals surface area contributed by atoms with Crippen molar-refractivity contribution in [3.05, 3.63) is 72.3 Å². The van der Waals surface area contributed by atoms with Gasteiger partial charge in [-0.05, 0) is 60.7 Å². The zero-order valence-corrected chi connectivity index (χ0v) is 17.5. The molecule has 0 spiro atoms. The minimum Gasteiger partial charge on any atom is -0.497 e. The van der Waals surface area contributed by atoms with Crippen molar-refractivity contribution < 1.29 is 23.8 Å². The molecule has 4 rings (SSSR count). The zero-order chi connectivity index (χ0) is 21.6.